The Balaban J connectivity index is 1.63. The van der Waals surface area contributed by atoms with Gasteiger partial charge in [0.25, 0.3) is 0 Å². The van der Waals surface area contributed by atoms with Crippen molar-refractivity contribution in [1.82, 2.24) is 25.1 Å². The third-order valence-corrected chi connectivity index (χ3v) is 6.01. The van der Waals surface area contributed by atoms with Crippen molar-refractivity contribution in [3.63, 3.8) is 0 Å². The van der Waals surface area contributed by atoms with Crippen LogP contribution >= 0.6 is 11.6 Å². The van der Waals surface area contributed by atoms with E-state index in [1.54, 1.807) is 10.9 Å². The van der Waals surface area contributed by atoms with Crippen molar-refractivity contribution < 1.29 is 4.79 Å². The van der Waals surface area contributed by atoms with E-state index in [2.05, 4.69) is 34.1 Å². The second kappa shape index (κ2) is 9.22. The maximum Gasteiger partial charge on any atom is 0.225 e. The number of carbonyl (C=O) groups excluding carboxylic acids is 1. The van der Waals surface area contributed by atoms with Crippen molar-refractivity contribution >= 4 is 34.4 Å². The first-order chi connectivity index (χ1) is 15.0. The fourth-order valence-electron chi connectivity index (χ4n) is 4.29. The van der Waals surface area contributed by atoms with Gasteiger partial charge in [0.05, 0.1) is 23.2 Å². The lowest BCUT2D eigenvalue weighted by Crippen LogP contribution is -2.45. The van der Waals surface area contributed by atoms with Crippen LogP contribution in [0.3, 0.4) is 0 Å². The molecular formula is C23H29ClN6O. The summed E-state index contributed by atoms with van der Waals surface area (Å²) in [6, 6.07) is 7.76. The first-order valence-electron chi connectivity index (χ1n) is 11.0. The molecule has 3 heterocycles. The zero-order valence-electron chi connectivity index (χ0n) is 18.3. The normalized spacial score (nSPS) is 17.7. The molecule has 1 fully saturated rings. The molecule has 2 atom stereocenters. The summed E-state index contributed by atoms with van der Waals surface area (Å²) in [5.41, 5.74) is 1.60. The van der Waals surface area contributed by atoms with Gasteiger partial charge in [-0.05, 0) is 51.3 Å². The Hall–Kier alpha value is -2.67. The quantitative estimate of drug-likeness (QED) is 0.618. The highest BCUT2D eigenvalue weighted by atomic mass is 35.5. The van der Waals surface area contributed by atoms with E-state index < -0.39 is 0 Å². The predicted octanol–water partition coefficient (Wildman–Crippen LogP) is 4.30. The van der Waals surface area contributed by atoms with Gasteiger partial charge in [0.15, 0.2) is 5.65 Å². The Morgan fingerprint density at radius 3 is 2.97 bits per heavy atom. The third-order valence-electron chi connectivity index (χ3n) is 5.77. The number of amides is 1. The lowest BCUT2D eigenvalue weighted by atomic mass is 9.96. The second-order valence-electron chi connectivity index (χ2n) is 8.35. The van der Waals surface area contributed by atoms with Crippen molar-refractivity contribution in [3.05, 3.63) is 41.3 Å². The molecule has 0 bridgehead atoms. The van der Waals surface area contributed by atoms with Crippen LogP contribution in [-0.2, 0) is 4.79 Å². The zero-order valence-corrected chi connectivity index (χ0v) is 19.1. The number of anilines is 1. The molecule has 0 saturated carbocycles. The molecule has 7 nitrogen and oxygen atoms in total. The van der Waals surface area contributed by atoms with Gasteiger partial charge >= 0.3 is 0 Å². The van der Waals surface area contributed by atoms with Crippen LogP contribution in [0, 0.1) is 12.8 Å². The minimum atomic E-state index is -0.0404. The lowest BCUT2D eigenvalue weighted by molar-refractivity contribution is -0.125. The molecule has 1 aromatic carbocycles. The minimum absolute atomic E-state index is 0.0404. The van der Waals surface area contributed by atoms with Gasteiger partial charge in [-0.25, -0.2) is 14.6 Å². The van der Waals surface area contributed by atoms with E-state index in [1.165, 1.54) is 0 Å². The van der Waals surface area contributed by atoms with Gasteiger partial charge in [0, 0.05) is 24.2 Å². The van der Waals surface area contributed by atoms with Crippen LogP contribution in [0.1, 0.15) is 45.4 Å². The Bertz CT molecular complexity index is 1080. The summed E-state index contributed by atoms with van der Waals surface area (Å²) in [6.07, 6.45) is 5.71. The zero-order chi connectivity index (χ0) is 22.0. The Kier molecular flexibility index (Phi) is 6.41. The number of halogens is 1. The molecular weight excluding hydrogens is 412 g/mol. The number of nitrogens with zero attached hydrogens (tertiary/aromatic N) is 5. The van der Waals surface area contributed by atoms with Crippen molar-refractivity contribution in [2.75, 3.05) is 18.0 Å². The fourth-order valence-corrected chi connectivity index (χ4v) is 4.47. The number of piperidine rings is 1. The van der Waals surface area contributed by atoms with E-state index in [0.29, 0.717) is 17.4 Å². The van der Waals surface area contributed by atoms with Gasteiger partial charge in [0.2, 0.25) is 5.91 Å². The first-order valence-corrected chi connectivity index (χ1v) is 11.4. The monoisotopic (exact) mass is 440 g/mol. The number of nitrogens with one attached hydrogen (secondary N) is 1. The maximum atomic E-state index is 12.8. The number of benzene rings is 1. The molecule has 31 heavy (non-hydrogen) atoms. The number of fused-ring (bicyclic) bond motifs is 1. The molecule has 1 amide bonds. The van der Waals surface area contributed by atoms with Gasteiger partial charge in [0.1, 0.15) is 11.6 Å². The third kappa shape index (κ3) is 4.66. The molecule has 1 saturated heterocycles. The predicted molar refractivity (Wildman–Crippen MR) is 124 cm³/mol. The number of hydrogen-bond donors (Lipinski definition) is 1. The van der Waals surface area contributed by atoms with Gasteiger partial charge in [-0.2, -0.15) is 5.10 Å². The van der Waals surface area contributed by atoms with Gasteiger partial charge < -0.3 is 10.2 Å². The molecule has 3 aromatic rings. The largest absolute Gasteiger partial charge is 0.355 e. The van der Waals surface area contributed by atoms with E-state index in [9.17, 15) is 4.79 Å². The molecule has 0 radical (unpaired) electrons. The summed E-state index contributed by atoms with van der Waals surface area (Å²) in [6.45, 7) is 7.61. The van der Waals surface area contributed by atoms with Crippen LogP contribution in [0.25, 0.3) is 16.7 Å². The molecule has 1 aliphatic rings. The van der Waals surface area contributed by atoms with Crippen LogP contribution in [0.15, 0.2) is 30.5 Å². The smallest absolute Gasteiger partial charge is 0.225 e. The molecule has 4 rings (SSSR count). The molecule has 0 spiro atoms. The highest BCUT2D eigenvalue weighted by Crippen LogP contribution is 2.29. The molecule has 1 N–H and O–H groups in total. The summed E-state index contributed by atoms with van der Waals surface area (Å²) >= 11 is 6.18. The topological polar surface area (TPSA) is 75.9 Å². The summed E-state index contributed by atoms with van der Waals surface area (Å²) in [5, 5.41) is 9.27. The van der Waals surface area contributed by atoms with Crippen LogP contribution in [0.5, 0.6) is 0 Å². The number of aryl methyl sites for hydroxylation is 1. The molecule has 164 valence electrons. The first kappa shape index (κ1) is 21.6. The van der Waals surface area contributed by atoms with Crippen molar-refractivity contribution in [3.8, 4) is 5.69 Å². The van der Waals surface area contributed by atoms with E-state index in [1.807, 2.05) is 31.2 Å². The Morgan fingerprint density at radius 2 is 2.19 bits per heavy atom. The van der Waals surface area contributed by atoms with E-state index in [4.69, 9.17) is 16.6 Å². The number of rotatable bonds is 6. The van der Waals surface area contributed by atoms with Crippen LogP contribution in [0.4, 0.5) is 5.82 Å². The average Bonchev–Trinajstić information content (AvgIpc) is 3.17. The van der Waals surface area contributed by atoms with Crippen LogP contribution < -0.4 is 10.2 Å². The number of aromatic nitrogens is 4. The number of carbonyl (C=O) groups is 1. The highest BCUT2D eigenvalue weighted by molar-refractivity contribution is 6.30. The summed E-state index contributed by atoms with van der Waals surface area (Å²) in [7, 11) is 0. The molecule has 2 aromatic heterocycles. The average molecular weight is 441 g/mol. The summed E-state index contributed by atoms with van der Waals surface area (Å²) in [5.74, 6) is 1.62. The van der Waals surface area contributed by atoms with Crippen molar-refractivity contribution in [1.29, 1.82) is 0 Å². The fraction of sp³-hybridized carbons (Fsp3) is 0.478. The molecule has 2 unspecified atom stereocenters. The highest BCUT2D eigenvalue weighted by Gasteiger charge is 2.29. The molecule has 8 heteroatoms. The molecule has 0 aliphatic carbocycles. The van der Waals surface area contributed by atoms with Crippen molar-refractivity contribution in [2.45, 2.75) is 52.5 Å². The lowest BCUT2D eigenvalue weighted by Gasteiger charge is -2.33. The Labute approximate surface area is 187 Å². The van der Waals surface area contributed by atoms with Gasteiger partial charge in [-0.15, -0.1) is 0 Å². The summed E-state index contributed by atoms with van der Waals surface area (Å²) in [4.78, 5) is 24.4. The van der Waals surface area contributed by atoms with Gasteiger partial charge in [-0.1, -0.05) is 31.0 Å². The van der Waals surface area contributed by atoms with E-state index in [0.717, 1.165) is 54.8 Å². The van der Waals surface area contributed by atoms with E-state index >= 15 is 0 Å². The maximum absolute atomic E-state index is 12.8. The SMILES string of the molecule is CCCC(C)NC(=O)C1CCCN(c2nc(C)nc3c2cnn3-c2cccc(Cl)c2)C1. The standard InChI is InChI=1S/C23H29ClN6O/c1-4-7-15(2)26-23(31)17-8-6-11-29(14-17)21-20-13-25-30(22(20)28-16(3)27-21)19-10-5-9-18(24)12-19/h5,9-10,12-13,15,17H,4,6-8,11,14H2,1-3H3,(H,26,31). The Morgan fingerprint density at radius 1 is 1.35 bits per heavy atom. The van der Waals surface area contributed by atoms with Gasteiger partial charge in [-0.3, -0.25) is 4.79 Å². The van der Waals surface area contributed by atoms with Crippen LogP contribution in [0.2, 0.25) is 5.02 Å². The van der Waals surface area contributed by atoms with Crippen LogP contribution in [-0.4, -0.2) is 44.8 Å². The second-order valence-corrected chi connectivity index (χ2v) is 8.79. The number of hydrogen-bond acceptors (Lipinski definition) is 5. The van der Waals surface area contributed by atoms with E-state index in [-0.39, 0.29) is 17.9 Å². The molecule has 1 aliphatic heterocycles. The van der Waals surface area contributed by atoms with Crippen molar-refractivity contribution in [2.24, 2.45) is 5.92 Å². The minimum Gasteiger partial charge on any atom is -0.355 e. The summed E-state index contributed by atoms with van der Waals surface area (Å²) < 4.78 is 1.79.